The van der Waals surface area contributed by atoms with Crippen molar-refractivity contribution in [1.82, 2.24) is 4.90 Å². The van der Waals surface area contributed by atoms with Crippen LogP contribution in [0.4, 0.5) is 0 Å². The number of benzene rings is 2. The molecule has 0 saturated heterocycles. The topological polar surface area (TPSA) is 72.9 Å². The standard InChI is InChI=1S/C24H25NO5/c1-4-21(26)30-20-15-18(29-22(27)10-7-13-25(2)3)14-17-12-11-16-8-5-6-9-19(16)24(28)23(17)20/h5-6,8-9,11-12,14-15H,4,7,10,13H2,1-3H3. The molecule has 0 saturated carbocycles. The predicted octanol–water partition coefficient (Wildman–Crippen LogP) is 3.92. The second-order valence-corrected chi connectivity index (χ2v) is 7.34. The van der Waals surface area contributed by atoms with E-state index in [1.54, 1.807) is 31.2 Å². The van der Waals surface area contributed by atoms with Crippen LogP contribution in [0.3, 0.4) is 0 Å². The molecule has 0 unspecified atom stereocenters. The van der Waals surface area contributed by atoms with Gasteiger partial charge in [-0.3, -0.25) is 14.4 Å². The van der Waals surface area contributed by atoms with Crippen molar-refractivity contribution >= 4 is 33.5 Å². The summed E-state index contributed by atoms with van der Waals surface area (Å²) < 4.78 is 10.9. The van der Waals surface area contributed by atoms with E-state index in [2.05, 4.69) is 0 Å². The van der Waals surface area contributed by atoms with E-state index in [1.165, 1.54) is 6.07 Å². The van der Waals surface area contributed by atoms with Crippen molar-refractivity contribution in [2.45, 2.75) is 26.2 Å². The molecule has 30 heavy (non-hydrogen) atoms. The molecule has 0 heterocycles. The van der Waals surface area contributed by atoms with Crippen molar-refractivity contribution in [2.24, 2.45) is 0 Å². The SMILES string of the molecule is CCC(=O)Oc1cc(OC(=O)CCCN(C)C)cc2ccc3ccccc3c(=O)c12. The van der Waals surface area contributed by atoms with Gasteiger partial charge in [0.1, 0.15) is 11.5 Å². The van der Waals surface area contributed by atoms with Crippen molar-refractivity contribution in [2.75, 3.05) is 20.6 Å². The Balaban J connectivity index is 2.08. The van der Waals surface area contributed by atoms with Crippen LogP contribution < -0.4 is 14.9 Å². The fraction of sp³-hybridized carbons (Fsp3) is 0.292. The largest absolute Gasteiger partial charge is 0.426 e. The van der Waals surface area contributed by atoms with E-state index < -0.39 is 5.97 Å². The molecule has 0 bridgehead atoms. The van der Waals surface area contributed by atoms with Crippen LogP contribution in [0.1, 0.15) is 26.2 Å². The summed E-state index contributed by atoms with van der Waals surface area (Å²) in [6.45, 7) is 2.45. The normalized spacial score (nSPS) is 11.1. The van der Waals surface area contributed by atoms with Crippen LogP contribution in [-0.4, -0.2) is 37.5 Å². The monoisotopic (exact) mass is 407 g/mol. The Bertz CT molecular complexity index is 1150. The number of hydrogen-bond acceptors (Lipinski definition) is 6. The molecule has 0 N–H and O–H groups in total. The van der Waals surface area contributed by atoms with Gasteiger partial charge in [-0.25, -0.2) is 0 Å². The molecule has 3 aromatic rings. The zero-order chi connectivity index (χ0) is 21.7. The zero-order valence-electron chi connectivity index (χ0n) is 17.4. The van der Waals surface area contributed by atoms with E-state index in [1.807, 2.05) is 37.2 Å². The Morgan fingerprint density at radius 1 is 0.933 bits per heavy atom. The lowest BCUT2D eigenvalue weighted by molar-refractivity contribution is -0.134. The fourth-order valence-electron chi connectivity index (χ4n) is 3.20. The van der Waals surface area contributed by atoms with Crippen LogP contribution >= 0.6 is 0 Å². The van der Waals surface area contributed by atoms with Crippen LogP contribution in [0.15, 0.2) is 53.3 Å². The molecule has 0 fully saturated rings. The average molecular weight is 407 g/mol. The number of ether oxygens (including phenoxy) is 2. The zero-order valence-corrected chi connectivity index (χ0v) is 17.4. The quantitative estimate of drug-likeness (QED) is 0.437. The molecule has 6 heteroatoms. The van der Waals surface area contributed by atoms with Gasteiger partial charge in [-0.1, -0.05) is 43.3 Å². The number of carbonyl (C=O) groups is 2. The van der Waals surface area contributed by atoms with E-state index in [0.29, 0.717) is 17.2 Å². The molecule has 0 aliphatic heterocycles. The van der Waals surface area contributed by atoms with E-state index in [-0.39, 0.29) is 41.1 Å². The van der Waals surface area contributed by atoms with Crippen LogP contribution in [0.2, 0.25) is 0 Å². The maximum atomic E-state index is 13.2. The molecule has 0 spiro atoms. The first-order valence-corrected chi connectivity index (χ1v) is 9.95. The maximum Gasteiger partial charge on any atom is 0.311 e. The molecule has 6 nitrogen and oxygen atoms in total. The lowest BCUT2D eigenvalue weighted by Crippen LogP contribution is -2.16. The number of fused-ring (bicyclic) bond motifs is 2. The van der Waals surface area contributed by atoms with Gasteiger partial charge in [0.25, 0.3) is 0 Å². The summed E-state index contributed by atoms with van der Waals surface area (Å²) in [5.74, 6) is -0.509. The lowest BCUT2D eigenvalue weighted by atomic mass is 10.1. The third-order valence-electron chi connectivity index (χ3n) is 4.71. The van der Waals surface area contributed by atoms with Crippen molar-refractivity contribution in [1.29, 1.82) is 0 Å². The number of rotatable bonds is 7. The van der Waals surface area contributed by atoms with E-state index in [0.717, 1.165) is 11.9 Å². The summed E-state index contributed by atoms with van der Waals surface area (Å²) in [5.41, 5.74) is -0.242. The first-order chi connectivity index (χ1) is 14.4. The van der Waals surface area contributed by atoms with Crippen molar-refractivity contribution in [3.8, 4) is 11.5 Å². The predicted molar refractivity (Wildman–Crippen MR) is 117 cm³/mol. The highest BCUT2D eigenvalue weighted by Crippen LogP contribution is 2.30. The van der Waals surface area contributed by atoms with Gasteiger partial charge in [0.15, 0.2) is 5.43 Å². The van der Waals surface area contributed by atoms with Gasteiger partial charge < -0.3 is 14.4 Å². The van der Waals surface area contributed by atoms with Gasteiger partial charge in [-0.15, -0.1) is 0 Å². The summed E-state index contributed by atoms with van der Waals surface area (Å²) in [4.78, 5) is 39.4. The summed E-state index contributed by atoms with van der Waals surface area (Å²) in [5, 5.41) is 2.11. The Morgan fingerprint density at radius 2 is 1.67 bits per heavy atom. The molecule has 0 aromatic heterocycles. The maximum absolute atomic E-state index is 13.2. The van der Waals surface area contributed by atoms with E-state index in [9.17, 15) is 14.4 Å². The van der Waals surface area contributed by atoms with Gasteiger partial charge in [-0.2, -0.15) is 0 Å². The van der Waals surface area contributed by atoms with Crippen LogP contribution in [0, 0.1) is 0 Å². The molecule has 0 atom stereocenters. The van der Waals surface area contributed by atoms with Gasteiger partial charge >= 0.3 is 11.9 Å². The van der Waals surface area contributed by atoms with Gasteiger partial charge in [0.2, 0.25) is 0 Å². The molecular formula is C24H25NO5. The second-order valence-electron chi connectivity index (χ2n) is 7.34. The van der Waals surface area contributed by atoms with E-state index in [4.69, 9.17) is 9.47 Å². The smallest absolute Gasteiger partial charge is 0.311 e. The first kappa shape index (κ1) is 21.5. The molecule has 0 aliphatic carbocycles. The molecule has 0 aliphatic rings. The summed E-state index contributed by atoms with van der Waals surface area (Å²) in [6.07, 6.45) is 1.09. The Morgan fingerprint density at radius 3 is 2.40 bits per heavy atom. The van der Waals surface area contributed by atoms with Crippen molar-refractivity contribution in [3.63, 3.8) is 0 Å². The highest BCUT2D eigenvalue weighted by atomic mass is 16.5. The molecule has 3 aromatic carbocycles. The molecule has 0 radical (unpaired) electrons. The van der Waals surface area contributed by atoms with Crippen LogP contribution in [-0.2, 0) is 9.59 Å². The third-order valence-corrected chi connectivity index (χ3v) is 4.71. The van der Waals surface area contributed by atoms with Gasteiger partial charge in [0.05, 0.1) is 5.39 Å². The summed E-state index contributed by atoms with van der Waals surface area (Å²) >= 11 is 0. The number of carbonyl (C=O) groups excluding carboxylic acids is 2. The Kier molecular flexibility index (Phi) is 6.79. The summed E-state index contributed by atoms with van der Waals surface area (Å²) in [7, 11) is 3.88. The number of esters is 2. The molecule has 0 amide bonds. The fourth-order valence-corrected chi connectivity index (χ4v) is 3.20. The van der Waals surface area contributed by atoms with Gasteiger partial charge in [0, 0.05) is 24.3 Å². The number of nitrogens with zero attached hydrogens (tertiary/aromatic N) is 1. The van der Waals surface area contributed by atoms with Crippen LogP contribution in [0.25, 0.3) is 21.5 Å². The molecule has 3 rings (SSSR count). The molecule has 156 valence electrons. The Labute approximate surface area is 175 Å². The second kappa shape index (κ2) is 9.50. The van der Waals surface area contributed by atoms with Crippen molar-refractivity contribution < 1.29 is 19.1 Å². The van der Waals surface area contributed by atoms with Crippen molar-refractivity contribution in [3.05, 3.63) is 58.8 Å². The first-order valence-electron chi connectivity index (χ1n) is 9.95. The van der Waals surface area contributed by atoms with E-state index >= 15 is 0 Å². The minimum Gasteiger partial charge on any atom is -0.426 e. The average Bonchev–Trinajstić information content (AvgIpc) is 2.85. The minimum absolute atomic E-state index is 0.0989. The summed E-state index contributed by atoms with van der Waals surface area (Å²) in [6, 6.07) is 13.9. The highest BCUT2D eigenvalue weighted by Gasteiger charge is 2.15. The van der Waals surface area contributed by atoms with Gasteiger partial charge in [-0.05, 0) is 43.9 Å². The third kappa shape index (κ3) is 5.02. The molecular weight excluding hydrogens is 382 g/mol. The Hall–Kier alpha value is -3.25. The number of hydrogen-bond donors (Lipinski definition) is 0. The minimum atomic E-state index is -0.471. The highest BCUT2D eigenvalue weighted by molar-refractivity contribution is 5.98. The lowest BCUT2D eigenvalue weighted by Gasteiger charge is -2.11. The van der Waals surface area contributed by atoms with Crippen LogP contribution in [0.5, 0.6) is 11.5 Å².